The SMILES string of the molecule is CCC(C)CN(C)S(=O)(=O)c1ccc(Cl)c(C(=O)O)c1Cl. The van der Waals surface area contributed by atoms with Crippen LogP contribution in [-0.4, -0.2) is 37.4 Å². The zero-order valence-corrected chi connectivity index (χ0v) is 14.3. The molecule has 21 heavy (non-hydrogen) atoms. The molecule has 0 heterocycles. The van der Waals surface area contributed by atoms with E-state index in [9.17, 15) is 13.2 Å². The Morgan fingerprint density at radius 2 is 1.95 bits per heavy atom. The van der Waals surface area contributed by atoms with Gasteiger partial charge < -0.3 is 5.11 Å². The van der Waals surface area contributed by atoms with Crippen LogP contribution in [0.4, 0.5) is 0 Å². The second kappa shape index (κ2) is 6.96. The standard InChI is InChI=1S/C13H17Cl2NO4S/c1-4-8(2)7-16(3)21(19,20)10-6-5-9(14)11(12(10)15)13(17)18/h5-6,8H,4,7H2,1-3H3,(H,17,18). The molecule has 8 heteroatoms. The third kappa shape index (κ3) is 3.88. The average Bonchev–Trinajstić information content (AvgIpc) is 2.37. The smallest absolute Gasteiger partial charge is 0.338 e. The van der Waals surface area contributed by atoms with Gasteiger partial charge in [-0.05, 0) is 18.1 Å². The lowest BCUT2D eigenvalue weighted by Crippen LogP contribution is -2.31. The molecule has 0 aromatic heterocycles. The quantitative estimate of drug-likeness (QED) is 0.850. The maximum atomic E-state index is 12.5. The summed E-state index contributed by atoms with van der Waals surface area (Å²) in [6.45, 7) is 4.21. The number of hydrogen-bond acceptors (Lipinski definition) is 3. The van der Waals surface area contributed by atoms with Crippen molar-refractivity contribution in [3.63, 3.8) is 0 Å². The van der Waals surface area contributed by atoms with Crippen molar-refractivity contribution in [2.24, 2.45) is 5.92 Å². The number of carbonyl (C=O) groups is 1. The van der Waals surface area contributed by atoms with Crippen molar-refractivity contribution in [3.05, 3.63) is 27.7 Å². The summed E-state index contributed by atoms with van der Waals surface area (Å²) < 4.78 is 26.2. The molecule has 118 valence electrons. The molecule has 0 aliphatic heterocycles. The van der Waals surface area contributed by atoms with Gasteiger partial charge in [-0.1, -0.05) is 43.5 Å². The van der Waals surface area contributed by atoms with Crippen LogP contribution in [0.3, 0.4) is 0 Å². The second-order valence-electron chi connectivity index (χ2n) is 4.84. The van der Waals surface area contributed by atoms with E-state index in [4.69, 9.17) is 28.3 Å². The molecule has 0 amide bonds. The minimum atomic E-state index is -3.87. The highest BCUT2D eigenvalue weighted by Crippen LogP contribution is 2.32. The maximum Gasteiger partial charge on any atom is 0.338 e. The third-order valence-corrected chi connectivity index (χ3v) is 5.91. The van der Waals surface area contributed by atoms with Gasteiger partial charge in [0.2, 0.25) is 10.0 Å². The average molecular weight is 354 g/mol. The lowest BCUT2D eigenvalue weighted by atomic mass is 10.1. The number of halogens is 2. The van der Waals surface area contributed by atoms with Gasteiger partial charge in [-0.25, -0.2) is 17.5 Å². The molecule has 0 bridgehead atoms. The van der Waals surface area contributed by atoms with Crippen molar-refractivity contribution < 1.29 is 18.3 Å². The Labute approximate surface area is 134 Å². The first-order valence-electron chi connectivity index (χ1n) is 6.30. The Morgan fingerprint density at radius 3 is 2.43 bits per heavy atom. The van der Waals surface area contributed by atoms with E-state index in [1.165, 1.54) is 23.5 Å². The molecule has 1 aromatic carbocycles. The fourth-order valence-electron chi connectivity index (χ4n) is 1.76. The van der Waals surface area contributed by atoms with Crippen LogP contribution in [-0.2, 0) is 10.0 Å². The number of hydrogen-bond donors (Lipinski definition) is 1. The first-order chi connectivity index (χ1) is 9.62. The number of benzene rings is 1. The normalized spacial score (nSPS) is 13.4. The highest BCUT2D eigenvalue weighted by atomic mass is 35.5. The Balaban J connectivity index is 3.33. The minimum absolute atomic E-state index is 0.101. The van der Waals surface area contributed by atoms with Crippen molar-refractivity contribution in [1.82, 2.24) is 4.31 Å². The summed E-state index contributed by atoms with van der Waals surface area (Å²) >= 11 is 11.7. The Hall–Kier alpha value is -0.820. The van der Waals surface area contributed by atoms with Gasteiger partial charge in [-0.3, -0.25) is 0 Å². The highest BCUT2D eigenvalue weighted by Gasteiger charge is 2.28. The number of rotatable bonds is 6. The van der Waals surface area contributed by atoms with E-state index in [1.54, 1.807) is 0 Å². The van der Waals surface area contributed by atoms with E-state index < -0.39 is 21.6 Å². The van der Waals surface area contributed by atoms with Crippen LogP contribution < -0.4 is 0 Å². The fraction of sp³-hybridized carbons (Fsp3) is 0.462. The molecule has 1 atom stereocenters. The molecular weight excluding hydrogens is 337 g/mol. The van der Waals surface area contributed by atoms with Crippen molar-refractivity contribution in [2.45, 2.75) is 25.2 Å². The van der Waals surface area contributed by atoms with E-state index in [0.717, 1.165) is 6.42 Å². The van der Waals surface area contributed by atoms with Crippen molar-refractivity contribution in [3.8, 4) is 0 Å². The van der Waals surface area contributed by atoms with Gasteiger partial charge in [0.15, 0.2) is 0 Å². The number of carboxylic acids is 1. The van der Waals surface area contributed by atoms with Gasteiger partial charge in [0, 0.05) is 13.6 Å². The fourth-order valence-corrected chi connectivity index (χ4v) is 3.94. The van der Waals surface area contributed by atoms with Crippen LogP contribution in [0.1, 0.15) is 30.6 Å². The molecule has 1 aromatic rings. The Bertz CT molecular complexity index is 646. The maximum absolute atomic E-state index is 12.5. The van der Waals surface area contributed by atoms with Crippen molar-refractivity contribution in [1.29, 1.82) is 0 Å². The van der Waals surface area contributed by atoms with Gasteiger partial charge in [0.25, 0.3) is 0 Å². The molecule has 0 aliphatic carbocycles. The number of aromatic carboxylic acids is 1. The summed E-state index contributed by atoms with van der Waals surface area (Å²) in [7, 11) is -2.43. The molecule has 0 aliphatic rings. The topological polar surface area (TPSA) is 74.7 Å². The molecule has 0 fully saturated rings. The van der Waals surface area contributed by atoms with Crippen LogP contribution in [0.2, 0.25) is 10.0 Å². The molecule has 0 saturated carbocycles. The first-order valence-corrected chi connectivity index (χ1v) is 8.50. The summed E-state index contributed by atoms with van der Waals surface area (Å²) in [5, 5.41) is 8.61. The monoisotopic (exact) mass is 353 g/mol. The number of nitrogens with zero attached hydrogens (tertiary/aromatic N) is 1. The van der Waals surface area contributed by atoms with Gasteiger partial charge in [0.05, 0.1) is 15.6 Å². The van der Waals surface area contributed by atoms with Crippen LogP contribution in [0, 0.1) is 5.92 Å². The molecule has 1 rings (SSSR count). The summed E-state index contributed by atoms with van der Waals surface area (Å²) in [6.07, 6.45) is 0.828. The zero-order chi connectivity index (χ0) is 16.4. The highest BCUT2D eigenvalue weighted by molar-refractivity contribution is 7.89. The van der Waals surface area contributed by atoms with Gasteiger partial charge in [-0.15, -0.1) is 0 Å². The first kappa shape index (κ1) is 18.2. The van der Waals surface area contributed by atoms with E-state index in [0.29, 0.717) is 6.54 Å². The molecule has 1 N–H and O–H groups in total. The largest absolute Gasteiger partial charge is 0.478 e. The summed E-state index contributed by atoms with van der Waals surface area (Å²) in [4.78, 5) is 10.9. The van der Waals surface area contributed by atoms with E-state index >= 15 is 0 Å². The predicted octanol–water partition coefficient (Wildman–Crippen LogP) is 3.36. The summed E-state index contributed by atoms with van der Waals surface area (Å²) in [6, 6.07) is 2.44. The van der Waals surface area contributed by atoms with Crippen molar-refractivity contribution in [2.75, 3.05) is 13.6 Å². The van der Waals surface area contributed by atoms with E-state index in [2.05, 4.69) is 0 Å². The summed E-state index contributed by atoms with van der Waals surface area (Å²) in [5.74, 6) is -1.19. The zero-order valence-electron chi connectivity index (χ0n) is 11.9. The third-order valence-electron chi connectivity index (χ3n) is 3.22. The number of carboxylic acid groups (broad SMARTS) is 1. The van der Waals surface area contributed by atoms with Gasteiger partial charge in [-0.2, -0.15) is 0 Å². The number of sulfonamides is 1. The Morgan fingerprint density at radius 1 is 1.38 bits per heavy atom. The van der Waals surface area contributed by atoms with Crippen LogP contribution in [0.5, 0.6) is 0 Å². The van der Waals surface area contributed by atoms with Crippen LogP contribution >= 0.6 is 23.2 Å². The summed E-state index contributed by atoms with van der Waals surface area (Å²) in [5.41, 5.74) is -0.406. The molecular formula is C13H17Cl2NO4S. The molecule has 0 saturated heterocycles. The second-order valence-corrected chi connectivity index (χ2v) is 7.64. The van der Waals surface area contributed by atoms with E-state index in [1.807, 2.05) is 13.8 Å². The Kier molecular flexibility index (Phi) is 6.04. The minimum Gasteiger partial charge on any atom is -0.478 e. The predicted molar refractivity (Wildman–Crippen MR) is 82.7 cm³/mol. The van der Waals surface area contributed by atoms with Gasteiger partial charge >= 0.3 is 5.97 Å². The molecule has 0 spiro atoms. The van der Waals surface area contributed by atoms with Gasteiger partial charge in [0.1, 0.15) is 4.90 Å². The molecule has 1 unspecified atom stereocenters. The lowest BCUT2D eigenvalue weighted by molar-refractivity contribution is 0.0697. The van der Waals surface area contributed by atoms with Crippen LogP contribution in [0.15, 0.2) is 17.0 Å². The molecule has 0 radical (unpaired) electrons. The van der Waals surface area contributed by atoms with Crippen LogP contribution in [0.25, 0.3) is 0 Å². The molecule has 5 nitrogen and oxygen atoms in total. The van der Waals surface area contributed by atoms with E-state index in [-0.39, 0.29) is 20.9 Å². The lowest BCUT2D eigenvalue weighted by Gasteiger charge is -2.21. The van der Waals surface area contributed by atoms with Crippen molar-refractivity contribution >= 4 is 39.2 Å².